The summed E-state index contributed by atoms with van der Waals surface area (Å²) >= 11 is 1.45. The van der Waals surface area contributed by atoms with Crippen LogP contribution in [0.25, 0.3) is 0 Å². The molecular weight excluding hydrogens is 228 g/mol. The van der Waals surface area contributed by atoms with Crippen molar-refractivity contribution < 1.29 is 14.3 Å². The Bertz CT molecular complexity index is 357. The van der Waals surface area contributed by atoms with Crippen LogP contribution in [-0.4, -0.2) is 28.4 Å². The maximum Gasteiger partial charge on any atom is 0.332 e. The summed E-state index contributed by atoms with van der Waals surface area (Å²) in [5.74, 6) is -0.367. The number of carbonyl (C=O) groups excluding carboxylic acids is 1. The Morgan fingerprint density at radius 2 is 2.06 bits per heavy atom. The van der Waals surface area contributed by atoms with Gasteiger partial charge in [-0.2, -0.15) is 0 Å². The molecule has 0 aromatic carbocycles. The quantitative estimate of drug-likeness (QED) is 0.754. The van der Waals surface area contributed by atoms with Gasteiger partial charge in [0.25, 0.3) is 0 Å². The van der Waals surface area contributed by atoms with Crippen molar-refractivity contribution >= 4 is 17.3 Å². The lowest BCUT2D eigenvalue weighted by Crippen LogP contribution is -2.26. The molecule has 6 heteroatoms. The highest BCUT2D eigenvalue weighted by molar-refractivity contribution is 7.11. The average Bonchev–Trinajstić information content (AvgIpc) is 2.48. The molecule has 0 unspecified atom stereocenters. The molecule has 0 N–H and O–H groups in total. The van der Waals surface area contributed by atoms with Crippen molar-refractivity contribution in [3.8, 4) is 0 Å². The topological polar surface area (TPSA) is 61.3 Å². The van der Waals surface area contributed by atoms with Crippen molar-refractivity contribution in [2.24, 2.45) is 0 Å². The highest BCUT2D eigenvalue weighted by Gasteiger charge is 2.16. The van der Waals surface area contributed by atoms with Gasteiger partial charge in [0.05, 0.1) is 0 Å². The Morgan fingerprint density at radius 3 is 2.56 bits per heavy atom. The summed E-state index contributed by atoms with van der Waals surface area (Å²) in [5.41, 5.74) is -0.472. The van der Waals surface area contributed by atoms with Gasteiger partial charge in [-0.25, -0.2) is 4.79 Å². The number of hydrogen-bond donors (Lipinski definition) is 0. The first-order valence-electron chi connectivity index (χ1n) is 4.95. The van der Waals surface area contributed by atoms with E-state index in [1.807, 2.05) is 27.7 Å². The Labute approximate surface area is 98.8 Å². The maximum atomic E-state index is 11.3. The van der Waals surface area contributed by atoms with Crippen LogP contribution in [0.3, 0.4) is 0 Å². The fraction of sp³-hybridized carbons (Fsp3) is 0.700. The van der Waals surface area contributed by atoms with Gasteiger partial charge >= 0.3 is 5.97 Å². The Hall–Kier alpha value is -1.01. The normalized spacial score (nSPS) is 11.5. The molecule has 1 rings (SSSR count). The molecule has 0 spiro atoms. The van der Waals surface area contributed by atoms with Gasteiger partial charge in [0, 0.05) is 0 Å². The van der Waals surface area contributed by atoms with Gasteiger partial charge in [-0.3, -0.25) is 0 Å². The molecule has 5 nitrogen and oxygen atoms in total. The zero-order valence-corrected chi connectivity index (χ0v) is 10.8. The van der Waals surface area contributed by atoms with E-state index in [9.17, 15) is 4.79 Å². The fourth-order valence-electron chi connectivity index (χ4n) is 0.988. The van der Waals surface area contributed by atoms with Crippen LogP contribution in [0.2, 0.25) is 0 Å². The van der Waals surface area contributed by atoms with Crippen LogP contribution in [0.5, 0.6) is 0 Å². The van der Waals surface area contributed by atoms with Crippen LogP contribution in [-0.2, 0) is 20.9 Å². The molecule has 1 heterocycles. The number of carbonyl (C=O) groups is 1. The second-order valence-corrected chi connectivity index (χ2v) is 5.56. The molecule has 0 saturated carbocycles. The maximum absolute atomic E-state index is 11.3. The SMILES string of the molecule is Cc1nnc(COCC(=O)OC(C)(C)C)s1. The van der Waals surface area contributed by atoms with E-state index in [4.69, 9.17) is 9.47 Å². The number of nitrogens with zero attached hydrogens (tertiary/aromatic N) is 2. The Morgan fingerprint density at radius 1 is 1.38 bits per heavy atom. The first kappa shape index (κ1) is 13.1. The number of rotatable bonds is 4. The van der Waals surface area contributed by atoms with Gasteiger partial charge in [-0.05, 0) is 27.7 Å². The third-order valence-corrected chi connectivity index (χ3v) is 2.25. The molecule has 0 saturated heterocycles. The van der Waals surface area contributed by atoms with Crippen LogP contribution in [0.1, 0.15) is 30.8 Å². The molecular formula is C10H16N2O3S. The van der Waals surface area contributed by atoms with E-state index in [-0.39, 0.29) is 12.6 Å². The second kappa shape index (κ2) is 5.36. The minimum absolute atomic E-state index is 0.0596. The minimum atomic E-state index is -0.472. The van der Waals surface area contributed by atoms with E-state index in [0.29, 0.717) is 6.61 Å². The molecule has 16 heavy (non-hydrogen) atoms. The van der Waals surface area contributed by atoms with Gasteiger partial charge in [0.2, 0.25) is 0 Å². The zero-order chi connectivity index (χ0) is 12.2. The third kappa shape index (κ3) is 5.18. The van der Waals surface area contributed by atoms with Crippen LogP contribution < -0.4 is 0 Å². The lowest BCUT2D eigenvalue weighted by Gasteiger charge is -2.19. The Kier molecular flexibility index (Phi) is 4.37. The summed E-state index contributed by atoms with van der Waals surface area (Å²) in [7, 11) is 0. The fourth-order valence-corrected chi connectivity index (χ4v) is 1.64. The highest BCUT2D eigenvalue weighted by Crippen LogP contribution is 2.10. The predicted octanol–water partition coefficient (Wildman–Crippen LogP) is 1.70. The van der Waals surface area contributed by atoms with Crippen LogP contribution in [0, 0.1) is 6.92 Å². The highest BCUT2D eigenvalue weighted by atomic mass is 32.1. The van der Waals surface area contributed by atoms with Crippen molar-refractivity contribution in [3.05, 3.63) is 10.0 Å². The van der Waals surface area contributed by atoms with Crippen molar-refractivity contribution in [3.63, 3.8) is 0 Å². The summed E-state index contributed by atoms with van der Waals surface area (Å²) in [5, 5.41) is 9.37. The number of ether oxygens (including phenoxy) is 2. The van der Waals surface area contributed by atoms with Gasteiger partial charge in [0.1, 0.15) is 28.8 Å². The monoisotopic (exact) mass is 244 g/mol. The number of aromatic nitrogens is 2. The molecule has 90 valence electrons. The molecule has 0 radical (unpaired) electrons. The van der Waals surface area contributed by atoms with Crippen molar-refractivity contribution in [2.75, 3.05) is 6.61 Å². The van der Waals surface area contributed by atoms with Gasteiger partial charge in [0.15, 0.2) is 0 Å². The molecule has 0 aliphatic rings. The summed E-state index contributed by atoms with van der Waals surface area (Å²) < 4.78 is 10.3. The van der Waals surface area contributed by atoms with Crippen molar-refractivity contribution in [2.45, 2.75) is 39.9 Å². The molecule has 0 atom stereocenters. The lowest BCUT2D eigenvalue weighted by atomic mass is 10.2. The molecule has 0 amide bonds. The third-order valence-electron chi connectivity index (χ3n) is 1.43. The first-order valence-corrected chi connectivity index (χ1v) is 5.77. The Balaban J connectivity index is 2.23. The van der Waals surface area contributed by atoms with E-state index in [1.165, 1.54) is 11.3 Å². The van der Waals surface area contributed by atoms with E-state index in [0.717, 1.165) is 10.0 Å². The van der Waals surface area contributed by atoms with Gasteiger partial charge < -0.3 is 9.47 Å². The minimum Gasteiger partial charge on any atom is -0.458 e. The van der Waals surface area contributed by atoms with E-state index < -0.39 is 5.60 Å². The van der Waals surface area contributed by atoms with Crippen molar-refractivity contribution in [1.29, 1.82) is 0 Å². The molecule has 0 aliphatic heterocycles. The van der Waals surface area contributed by atoms with Gasteiger partial charge in [-0.15, -0.1) is 10.2 Å². The van der Waals surface area contributed by atoms with Crippen LogP contribution in [0.15, 0.2) is 0 Å². The summed E-state index contributed by atoms with van der Waals surface area (Å²) in [6, 6.07) is 0. The largest absolute Gasteiger partial charge is 0.458 e. The van der Waals surface area contributed by atoms with E-state index in [1.54, 1.807) is 0 Å². The van der Waals surface area contributed by atoms with E-state index in [2.05, 4.69) is 10.2 Å². The van der Waals surface area contributed by atoms with Gasteiger partial charge in [-0.1, -0.05) is 11.3 Å². The second-order valence-electron chi connectivity index (χ2n) is 4.29. The number of hydrogen-bond acceptors (Lipinski definition) is 6. The summed E-state index contributed by atoms with van der Waals surface area (Å²) in [6.45, 7) is 7.56. The molecule has 1 aromatic rings. The first-order chi connectivity index (χ1) is 7.37. The predicted molar refractivity (Wildman–Crippen MR) is 60.1 cm³/mol. The van der Waals surface area contributed by atoms with E-state index >= 15 is 0 Å². The molecule has 0 bridgehead atoms. The summed E-state index contributed by atoms with van der Waals surface area (Å²) in [4.78, 5) is 11.3. The zero-order valence-electron chi connectivity index (χ0n) is 9.94. The molecule has 1 aromatic heterocycles. The smallest absolute Gasteiger partial charge is 0.332 e. The summed E-state index contributed by atoms with van der Waals surface area (Å²) in [6.07, 6.45) is 0. The van der Waals surface area contributed by atoms with Crippen LogP contribution in [0.4, 0.5) is 0 Å². The molecule has 0 fully saturated rings. The van der Waals surface area contributed by atoms with Crippen LogP contribution >= 0.6 is 11.3 Å². The number of esters is 1. The molecule has 0 aliphatic carbocycles. The van der Waals surface area contributed by atoms with Crippen molar-refractivity contribution in [1.82, 2.24) is 10.2 Å². The average molecular weight is 244 g/mol. The lowest BCUT2D eigenvalue weighted by molar-refractivity contribution is -0.160. The number of aryl methyl sites for hydroxylation is 1. The standard InChI is InChI=1S/C10H16N2O3S/c1-7-11-12-8(16-7)5-14-6-9(13)15-10(2,3)4/h5-6H2,1-4H3.